The van der Waals surface area contributed by atoms with Crippen LogP contribution < -0.4 is 0 Å². The Kier molecular flexibility index (Phi) is 2.56. The lowest BCUT2D eigenvalue weighted by atomic mass is 9.66. The quantitative estimate of drug-likeness (QED) is 0.699. The number of ketones is 1. The average Bonchev–Trinajstić information content (AvgIpc) is 2.46. The number of carbonyl (C=O) groups excluding carboxylic acids is 1. The summed E-state index contributed by atoms with van der Waals surface area (Å²) in [5.74, 6) is 1.35. The van der Waals surface area contributed by atoms with Crippen LogP contribution in [0.3, 0.4) is 0 Å². The zero-order valence-corrected chi connectivity index (χ0v) is 11.7. The van der Waals surface area contributed by atoms with Gasteiger partial charge in [0.15, 0.2) is 5.78 Å². The summed E-state index contributed by atoms with van der Waals surface area (Å²) in [6.45, 7) is 2.15. The molecule has 0 heterocycles. The Balaban J connectivity index is 1.81. The number of Topliss-reactive ketones (excluding diaryl/α,β-unsaturated/α-hetero) is 1. The Labute approximate surface area is 119 Å². The molecule has 2 atom stereocenters. The van der Waals surface area contributed by atoms with Crippen molar-refractivity contribution in [2.24, 2.45) is 5.92 Å². The van der Waals surface area contributed by atoms with E-state index in [4.69, 9.17) is 0 Å². The number of hydrogen-bond acceptors (Lipinski definition) is 1. The van der Waals surface area contributed by atoms with Crippen LogP contribution in [0.2, 0.25) is 0 Å². The van der Waals surface area contributed by atoms with Gasteiger partial charge in [0.1, 0.15) is 0 Å². The van der Waals surface area contributed by atoms with Crippen LogP contribution >= 0.6 is 0 Å². The number of aryl methyl sites for hydroxylation is 1. The summed E-state index contributed by atoms with van der Waals surface area (Å²) in [7, 11) is 0. The third kappa shape index (κ3) is 1.73. The van der Waals surface area contributed by atoms with E-state index in [2.05, 4.69) is 37.3 Å². The monoisotopic (exact) mass is 262 g/mol. The summed E-state index contributed by atoms with van der Waals surface area (Å²) >= 11 is 0. The van der Waals surface area contributed by atoms with E-state index in [-0.39, 0.29) is 0 Å². The first kappa shape index (κ1) is 11.9. The van der Waals surface area contributed by atoms with Gasteiger partial charge in [0, 0.05) is 12.0 Å². The van der Waals surface area contributed by atoms with Gasteiger partial charge in [-0.15, -0.1) is 0 Å². The minimum absolute atomic E-state index is 0.331. The van der Waals surface area contributed by atoms with Gasteiger partial charge in [-0.25, -0.2) is 0 Å². The number of fused-ring (bicyclic) bond motifs is 4. The molecule has 2 aliphatic rings. The van der Waals surface area contributed by atoms with Crippen LogP contribution in [-0.4, -0.2) is 5.78 Å². The maximum Gasteiger partial charge on any atom is 0.163 e. The second kappa shape index (κ2) is 4.31. The largest absolute Gasteiger partial charge is 0.294 e. The highest BCUT2D eigenvalue weighted by Crippen LogP contribution is 2.44. The molecule has 20 heavy (non-hydrogen) atoms. The molecule has 1 heteroatoms. The summed E-state index contributed by atoms with van der Waals surface area (Å²) in [5.41, 5.74) is 6.49. The summed E-state index contributed by atoms with van der Waals surface area (Å²) < 4.78 is 0. The summed E-state index contributed by atoms with van der Waals surface area (Å²) in [4.78, 5) is 12.3. The lowest BCUT2D eigenvalue weighted by Crippen LogP contribution is -2.31. The Morgan fingerprint density at radius 2 is 1.80 bits per heavy atom. The van der Waals surface area contributed by atoms with Crippen molar-refractivity contribution < 1.29 is 4.79 Å². The highest BCUT2D eigenvalue weighted by atomic mass is 16.1. The highest BCUT2D eigenvalue weighted by molar-refractivity contribution is 5.99. The average molecular weight is 262 g/mol. The summed E-state index contributed by atoms with van der Waals surface area (Å²) in [6, 6.07) is 15.0. The van der Waals surface area contributed by atoms with Gasteiger partial charge in [0.05, 0.1) is 0 Å². The van der Waals surface area contributed by atoms with Crippen molar-refractivity contribution >= 4 is 5.78 Å². The first-order valence-corrected chi connectivity index (χ1v) is 7.43. The maximum atomic E-state index is 12.3. The van der Waals surface area contributed by atoms with Crippen LogP contribution in [0.5, 0.6) is 0 Å². The molecule has 0 fully saturated rings. The SMILES string of the molecule is Cc1ccc2c(c1)CC1CC(=O)c3ccccc3C1C2. The molecule has 0 spiro atoms. The Bertz CT molecular complexity index is 699. The van der Waals surface area contributed by atoms with Crippen molar-refractivity contribution in [3.63, 3.8) is 0 Å². The van der Waals surface area contributed by atoms with Crippen molar-refractivity contribution in [1.82, 2.24) is 0 Å². The molecule has 2 aliphatic carbocycles. The molecular weight excluding hydrogens is 244 g/mol. The second-order valence-corrected chi connectivity index (χ2v) is 6.26. The molecule has 0 aromatic heterocycles. The van der Waals surface area contributed by atoms with E-state index < -0.39 is 0 Å². The van der Waals surface area contributed by atoms with Gasteiger partial charge in [0.2, 0.25) is 0 Å². The van der Waals surface area contributed by atoms with Gasteiger partial charge >= 0.3 is 0 Å². The third-order valence-electron chi connectivity index (χ3n) is 4.96. The minimum Gasteiger partial charge on any atom is -0.294 e. The fourth-order valence-electron chi connectivity index (χ4n) is 3.97. The van der Waals surface area contributed by atoms with Crippen LogP contribution in [0.15, 0.2) is 42.5 Å². The van der Waals surface area contributed by atoms with Crippen LogP contribution in [0.25, 0.3) is 0 Å². The van der Waals surface area contributed by atoms with Crippen LogP contribution in [0, 0.1) is 12.8 Å². The molecular formula is C19H18O. The van der Waals surface area contributed by atoms with Crippen LogP contribution in [0.1, 0.15) is 45.0 Å². The van der Waals surface area contributed by atoms with Crippen molar-refractivity contribution in [3.05, 3.63) is 70.3 Å². The molecule has 0 N–H and O–H groups in total. The van der Waals surface area contributed by atoms with E-state index >= 15 is 0 Å². The zero-order chi connectivity index (χ0) is 13.7. The molecule has 2 aromatic carbocycles. The van der Waals surface area contributed by atoms with Crippen molar-refractivity contribution in [2.45, 2.75) is 32.1 Å². The minimum atomic E-state index is 0.331. The Morgan fingerprint density at radius 3 is 2.70 bits per heavy atom. The molecule has 4 rings (SSSR count). The van der Waals surface area contributed by atoms with E-state index in [0.717, 1.165) is 24.8 Å². The number of rotatable bonds is 0. The van der Waals surface area contributed by atoms with Gasteiger partial charge in [-0.1, -0.05) is 48.0 Å². The summed E-state index contributed by atoms with van der Waals surface area (Å²) in [5, 5.41) is 0. The smallest absolute Gasteiger partial charge is 0.163 e. The lowest BCUT2D eigenvalue weighted by Gasteiger charge is -2.37. The van der Waals surface area contributed by atoms with Gasteiger partial charge < -0.3 is 0 Å². The molecule has 1 nitrogen and oxygen atoms in total. The van der Waals surface area contributed by atoms with E-state index in [1.165, 1.54) is 22.3 Å². The third-order valence-corrected chi connectivity index (χ3v) is 4.96. The molecule has 0 aliphatic heterocycles. The van der Waals surface area contributed by atoms with Crippen LogP contribution in [0.4, 0.5) is 0 Å². The first-order chi connectivity index (χ1) is 9.72. The van der Waals surface area contributed by atoms with Crippen molar-refractivity contribution in [2.75, 3.05) is 0 Å². The molecule has 0 saturated carbocycles. The number of carbonyl (C=O) groups is 1. The molecule has 2 unspecified atom stereocenters. The molecule has 100 valence electrons. The van der Waals surface area contributed by atoms with E-state index in [1.54, 1.807) is 0 Å². The molecule has 0 radical (unpaired) electrons. The Hall–Kier alpha value is -1.89. The Morgan fingerprint density at radius 1 is 0.950 bits per heavy atom. The fraction of sp³-hybridized carbons (Fsp3) is 0.316. The maximum absolute atomic E-state index is 12.3. The standard InChI is InChI=1S/C19H18O/c1-12-6-7-13-10-18-15(9-14(13)8-12)11-19(20)17-5-3-2-4-16(17)18/h2-8,15,18H,9-11H2,1H3. The van der Waals surface area contributed by atoms with Crippen molar-refractivity contribution in [3.8, 4) is 0 Å². The lowest BCUT2D eigenvalue weighted by molar-refractivity contribution is 0.0933. The summed E-state index contributed by atoms with van der Waals surface area (Å²) in [6.07, 6.45) is 2.86. The molecule has 0 bridgehead atoms. The van der Waals surface area contributed by atoms with Gasteiger partial charge in [-0.3, -0.25) is 4.79 Å². The number of benzene rings is 2. The van der Waals surface area contributed by atoms with Crippen molar-refractivity contribution in [1.29, 1.82) is 0 Å². The normalized spacial score (nSPS) is 23.8. The highest BCUT2D eigenvalue weighted by Gasteiger charge is 2.36. The predicted molar refractivity (Wildman–Crippen MR) is 80.2 cm³/mol. The van der Waals surface area contributed by atoms with E-state index in [1.807, 2.05) is 12.1 Å². The first-order valence-electron chi connectivity index (χ1n) is 7.43. The van der Waals surface area contributed by atoms with E-state index in [9.17, 15) is 4.79 Å². The van der Waals surface area contributed by atoms with E-state index in [0.29, 0.717) is 17.6 Å². The van der Waals surface area contributed by atoms with Gasteiger partial charge in [-0.05, 0) is 48.3 Å². The topological polar surface area (TPSA) is 17.1 Å². The van der Waals surface area contributed by atoms with Crippen LogP contribution in [-0.2, 0) is 12.8 Å². The molecule has 0 saturated heterocycles. The molecule has 2 aromatic rings. The second-order valence-electron chi connectivity index (χ2n) is 6.26. The van der Waals surface area contributed by atoms with Gasteiger partial charge in [0.25, 0.3) is 0 Å². The predicted octanol–water partition coefficient (Wildman–Crippen LogP) is 4.08. The zero-order valence-electron chi connectivity index (χ0n) is 11.7. The number of hydrogen-bond donors (Lipinski definition) is 0. The van der Waals surface area contributed by atoms with Gasteiger partial charge in [-0.2, -0.15) is 0 Å². The molecule has 0 amide bonds. The fourth-order valence-corrected chi connectivity index (χ4v) is 3.97.